The van der Waals surface area contributed by atoms with Crippen LogP contribution in [0.5, 0.6) is 0 Å². The maximum Gasteiger partial charge on any atom is 0.433 e. The van der Waals surface area contributed by atoms with Gasteiger partial charge in [0.1, 0.15) is 17.1 Å². The Morgan fingerprint density at radius 2 is 2.10 bits per heavy atom. The number of hydrogen-bond acceptors (Lipinski definition) is 4. The molecule has 0 saturated heterocycles. The molecule has 0 unspecified atom stereocenters. The minimum absolute atomic E-state index is 0.179. The number of pyridine rings is 1. The first-order valence-electron chi connectivity index (χ1n) is 6.49. The molecular weight excluding hydrogens is 289 g/mol. The number of alkyl halides is 3. The van der Waals surface area contributed by atoms with E-state index < -0.39 is 17.8 Å². The highest BCUT2D eigenvalue weighted by molar-refractivity contribution is 5.93. The van der Waals surface area contributed by atoms with Crippen molar-refractivity contribution in [3.05, 3.63) is 23.4 Å². The van der Waals surface area contributed by atoms with Gasteiger partial charge in [-0.05, 0) is 18.6 Å². The Kier molecular flexibility index (Phi) is 6.41. The summed E-state index contributed by atoms with van der Waals surface area (Å²) < 4.78 is 42.9. The first-order valence-corrected chi connectivity index (χ1v) is 6.49. The van der Waals surface area contributed by atoms with E-state index in [9.17, 15) is 18.0 Å². The zero-order valence-electron chi connectivity index (χ0n) is 11.5. The van der Waals surface area contributed by atoms with Gasteiger partial charge in [0, 0.05) is 13.2 Å². The lowest BCUT2D eigenvalue weighted by molar-refractivity contribution is -0.141. The van der Waals surface area contributed by atoms with E-state index in [0.717, 1.165) is 18.9 Å². The minimum atomic E-state index is -4.62. The van der Waals surface area contributed by atoms with Gasteiger partial charge in [-0.2, -0.15) is 13.2 Å². The predicted octanol–water partition coefficient (Wildman–Crippen LogP) is 3.03. The van der Waals surface area contributed by atoms with Gasteiger partial charge in [0.2, 0.25) is 0 Å². The lowest BCUT2D eigenvalue weighted by Gasteiger charge is -2.12. The zero-order chi connectivity index (χ0) is 15.9. The Hall–Kier alpha value is -1.83. The van der Waals surface area contributed by atoms with Gasteiger partial charge in [0.05, 0.1) is 6.61 Å². The molecule has 21 heavy (non-hydrogen) atoms. The molecular formula is C13H17F3N2O3. The second kappa shape index (κ2) is 7.82. The summed E-state index contributed by atoms with van der Waals surface area (Å²) in [5.41, 5.74) is -1.45. The van der Waals surface area contributed by atoms with Crippen LogP contribution in [0, 0.1) is 0 Å². The summed E-state index contributed by atoms with van der Waals surface area (Å²) in [7, 11) is 0. The molecule has 1 rings (SSSR count). The van der Waals surface area contributed by atoms with Crippen molar-refractivity contribution in [3.63, 3.8) is 0 Å². The molecule has 0 bridgehead atoms. The molecule has 0 atom stereocenters. The first kappa shape index (κ1) is 17.2. The fourth-order valence-electron chi connectivity index (χ4n) is 1.51. The quantitative estimate of drug-likeness (QED) is 0.722. The fraction of sp³-hybridized carbons (Fsp3) is 0.538. The maximum atomic E-state index is 12.6. The van der Waals surface area contributed by atoms with E-state index in [1.807, 2.05) is 6.92 Å². The third kappa shape index (κ3) is 5.58. The molecule has 8 heteroatoms. The van der Waals surface area contributed by atoms with E-state index in [1.54, 1.807) is 0 Å². The van der Waals surface area contributed by atoms with E-state index >= 15 is 0 Å². The number of anilines is 1. The number of unbranched alkanes of at least 4 members (excludes halogenated alkanes) is 1. The van der Waals surface area contributed by atoms with Crippen LogP contribution in [-0.2, 0) is 10.9 Å². The van der Waals surface area contributed by atoms with E-state index in [0.29, 0.717) is 12.7 Å². The molecule has 0 spiro atoms. The van der Waals surface area contributed by atoms with Crippen LogP contribution in [0.25, 0.3) is 0 Å². The second-order valence-electron chi connectivity index (χ2n) is 4.29. The number of ether oxygens (including phenoxy) is 1. The molecule has 0 aliphatic carbocycles. The van der Waals surface area contributed by atoms with Crippen LogP contribution >= 0.6 is 0 Å². The molecule has 0 amide bonds. The van der Waals surface area contributed by atoms with Crippen LogP contribution in [0.15, 0.2) is 12.1 Å². The van der Waals surface area contributed by atoms with Crippen molar-refractivity contribution >= 4 is 11.8 Å². The molecule has 118 valence electrons. The summed E-state index contributed by atoms with van der Waals surface area (Å²) >= 11 is 0. The standard InChI is InChI=1S/C13H17F3N2O3/c1-2-3-7-21-8-6-17-11-9(12(19)20)4-5-10(18-11)13(14,15)16/h4-5H,2-3,6-8H2,1H3,(H,17,18)(H,19,20). The molecule has 1 heterocycles. The first-order chi connectivity index (χ1) is 9.86. The highest BCUT2D eigenvalue weighted by Gasteiger charge is 2.33. The van der Waals surface area contributed by atoms with E-state index in [-0.39, 0.29) is 24.5 Å². The molecule has 0 radical (unpaired) electrons. The van der Waals surface area contributed by atoms with Gasteiger partial charge in [-0.1, -0.05) is 13.3 Å². The normalized spacial score (nSPS) is 11.4. The lowest BCUT2D eigenvalue weighted by atomic mass is 10.2. The summed E-state index contributed by atoms with van der Waals surface area (Å²) in [6.07, 6.45) is -2.75. The van der Waals surface area contributed by atoms with Crippen LogP contribution in [-0.4, -0.2) is 35.8 Å². The Balaban J connectivity index is 2.71. The Morgan fingerprint density at radius 1 is 1.38 bits per heavy atom. The van der Waals surface area contributed by atoms with Gasteiger partial charge in [-0.25, -0.2) is 9.78 Å². The highest BCUT2D eigenvalue weighted by Crippen LogP contribution is 2.29. The van der Waals surface area contributed by atoms with Gasteiger partial charge in [-0.3, -0.25) is 0 Å². The van der Waals surface area contributed by atoms with Gasteiger partial charge >= 0.3 is 12.1 Å². The van der Waals surface area contributed by atoms with Crippen molar-refractivity contribution in [1.82, 2.24) is 4.98 Å². The summed E-state index contributed by atoms with van der Waals surface area (Å²) in [5, 5.41) is 11.5. The Morgan fingerprint density at radius 3 is 2.67 bits per heavy atom. The number of nitrogens with one attached hydrogen (secondary N) is 1. The van der Waals surface area contributed by atoms with Gasteiger partial charge in [0.25, 0.3) is 0 Å². The Bertz CT molecular complexity index is 478. The number of carboxylic acid groups (broad SMARTS) is 1. The SMILES string of the molecule is CCCCOCCNc1nc(C(F)(F)F)ccc1C(=O)O. The number of aromatic nitrogens is 1. The maximum absolute atomic E-state index is 12.6. The largest absolute Gasteiger partial charge is 0.478 e. The highest BCUT2D eigenvalue weighted by atomic mass is 19.4. The summed E-state index contributed by atoms with van der Waals surface area (Å²) in [4.78, 5) is 14.3. The average molecular weight is 306 g/mol. The van der Waals surface area contributed by atoms with Crippen LogP contribution in [0.3, 0.4) is 0 Å². The minimum Gasteiger partial charge on any atom is -0.478 e. The number of hydrogen-bond donors (Lipinski definition) is 2. The number of carboxylic acids is 1. The lowest BCUT2D eigenvalue weighted by Crippen LogP contribution is -2.17. The van der Waals surface area contributed by atoms with E-state index in [4.69, 9.17) is 9.84 Å². The fourth-order valence-corrected chi connectivity index (χ4v) is 1.51. The van der Waals surface area contributed by atoms with Crippen molar-refractivity contribution in [1.29, 1.82) is 0 Å². The Labute approximate surface area is 120 Å². The van der Waals surface area contributed by atoms with Gasteiger partial charge in [-0.15, -0.1) is 0 Å². The average Bonchev–Trinajstić information content (AvgIpc) is 2.41. The molecule has 0 saturated carbocycles. The summed E-state index contributed by atoms with van der Waals surface area (Å²) in [5.74, 6) is -1.65. The van der Waals surface area contributed by atoms with Crippen LogP contribution in [0.4, 0.5) is 19.0 Å². The molecule has 0 aliphatic heterocycles. The molecule has 2 N–H and O–H groups in total. The predicted molar refractivity (Wildman–Crippen MR) is 70.4 cm³/mol. The van der Waals surface area contributed by atoms with Crippen molar-refractivity contribution in [3.8, 4) is 0 Å². The van der Waals surface area contributed by atoms with E-state index in [1.165, 1.54) is 0 Å². The van der Waals surface area contributed by atoms with Crippen LogP contribution in [0.2, 0.25) is 0 Å². The summed E-state index contributed by atoms with van der Waals surface area (Å²) in [6, 6.07) is 1.53. The van der Waals surface area contributed by atoms with Gasteiger partial charge < -0.3 is 15.2 Å². The third-order valence-corrected chi connectivity index (χ3v) is 2.60. The number of rotatable bonds is 8. The third-order valence-electron chi connectivity index (χ3n) is 2.60. The van der Waals surface area contributed by atoms with E-state index in [2.05, 4.69) is 10.3 Å². The molecule has 1 aromatic rings. The van der Waals surface area contributed by atoms with Crippen molar-refractivity contribution in [2.45, 2.75) is 25.9 Å². The number of nitrogens with zero attached hydrogens (tertiary/aromatic N) is 1. The number of carbonyl (C=O) groups is 1. The van der Waals surface area contributed by atoms with Crippen molar-refractivity contribution in [2.75, 3.05) is 25.1 Å². The molecule has 0 aliphatic rings. The smallest absolute Gasteiger partial charge is 0.433 e. The topological polar surface area (TPSA) is 71.5 Å². The molecule has 0 fully saturated rings. The van der Waals surface area contributed by atoms with Gasteiger partial charge in [0.15, 0.2) is 0 Å². The molecule has 1 aromatic heterocycles. The second-order valence-corrected chi connectivity index (χ2v) is 4.29. The van der Waals surface area contributed by atoms with Crippen molar-refractivity contribution in [2.24, 2.45) is 0 Å². The number of aromatic carboxylic acids is 1. The molecule has 0 aromatic carbocycles. The zero-order valence-corrected chi connectivity index (χ0v) is 11.5. The molecule has 5 nitrogen and oxygen atoms in total. The van der Waals surface area contributed by atoms with Crippen LogP contribution < -0.4 is 5.32 Å². The van der Waals surface area contributed by atoms with Crippen molar-refractivity contribution < 1.29 is 27.8 Å². The monoisotopic (exact) mass is 306 g/mol. The summed E-state index contributed by atoms with van der Waals surface area (Å²) in [6.45, 7) is 3.00. The number of halogens is 3. The van der Waals surface area contributed by atoms with Crippen LogP contribution in [0.1, 0.15) is 35.8 Å².